The molecule has 0 aliphatic carbocycles. The van der Waals surface area contributed by atoms with Crippen molar-refractivity contribution < 1.29 is 19.1 Å². The highest BCUT2D eigenvalue weighted by Gasteiger charge is 2.06. The van der Waals surface area contributed by atoms with Gasteiger partial charge in [-0.2, -0.15) is 0 Å². The summed E-state index contributed by atoms with van der Waals surface area (Å²) in [4.78, 5) is 23.2. The number of nitrogens with one attached hydrogen (secondary N) is 1. The third-order valence-electron chi connectivity index (χ3n) is 3.61. The van der Waals surface area contributed by atoms with Gasteiger partial charge in [-0.3, -0.25) is 0 Å². The van der Waals surface area contributed by atoms with Crippen molar-refractivity contribution in [2.24, 2.45) is 0 Å². The minimum atomic E-state index is -0.473. The van der Waals surface area contributed by atoms with Crippen molar-refractivity contribution in [3.05, 3.63) is 70.8 Å². The summed E-state index contributed by atoms with van der Waals surface area (Å²) >= 11 is 0. The minimum Gasteiger partial charge on any atom is -0.465 e. The molecule has 0 unspecified atom stereocenters. The highest BCUT2D eigenvalue weighted by molar-refractivity contribution is 5.89. The Morgan fingerprint density at radius 2 is 1.88 bits per heavy atom. The zero-order valence-corrected chi connectivity index (χ0v) is 14.9. The number of rotatable bonds is 5. The standard InChI is InChI=1S/C21H21NO4/c1-16-11-12-19(20(23)25-2)14-18(16)10-6-7-13-22-21(24)26-15-17-8-4-3-5-9-17/h3-5,8-9,11-12,14H,7,13,15H2,1-2H3,(H,22,24). The van der Waals surface area contributed by atoms with Gasteiger partial charge in [-0.05, 0) is 30.2 Å². The van der Waals surface area contributed by atoms with Crippen LogP contribution >= 0.6 is 0 Å². The van der Waals surface area contributed by atoms with Gasteiger partial charge < -0.3 is 14.8 Å². The van der Waals surface area contributed by atoms with E-state index >= 15 is 0 Å². The summed E-state index contributed by atoms with van der Waals surface area (Å²) in [6, 6.07) is 14.7. The third kappa shape index (κ3) is 5.99. The summed E-state index contributed by atoms with van der Waals surface area (Å²) in [5, 5.41) is 2.65. The normalized spacial score (nSPS) is 9.62. The largest absolute Gasteiger partial charge is 0.465 e. The molecule has 0 atom stereocenters. The van der Waals surface area contributed by atoms with E-state index in [1.165, 1.54) is 7.11 Å². The monoisotopic (exact) mass is 351 g/mol. The average molecular weight is 351 g/mol. The van der Waals surface area contributed by atoms with Crippen LogP contribution in [0.1, 0.15) is 33.5 Å². The molecular formula is C21H21NO4. The molecule has 0 radical (unpaired) electrons. The van der Waals surface area contributed by atoms with E-state index in [2.05, 4.69) is 17.2 Å². The fourth-order valence-corrected chi connectivity index (χ4v) is 2.16. The van der Waals surface area contributed by atoms with Crippen LogP contribution in [0.4, 0.5) is 4.79 Å². The van der Waals surface area contributed by atoms with E-state index < -0.39 is 12.1 Å². The second-order valence-electron chi connectivity index (χ2n) is 5.56. The van der Waals surface area contributed by atoms with Crippen LogP contribution in [0.5, 0.6) is 0 Å². The van der Waals surface area contributed by atoms with Crippen molar-refractivity contribution in [2.45, 2.75) is 20.0 Å². The van der Waals surface area contributed by atoms with E-state index in [9.17, 15) is 9.59 Å². The van der Waals surface area contributed by atoms with Gasteiger partial charge in [0.25, 0.3) is 0 Å². The van der Waals surface area contributed by atoms with Gasteiger partial charge in [0, 0.05) is 18.5 Å². The molecule has 2 rings (SSSR count). The van der Waals surface area contributed by atoms with E-state index in [1.54, 1.807) is 12.1 Å². The maximum atomic E-state index is 11.6. The molecule has 0 aromatic heterocycles. The lowest BCUT2D eigenvalue weighted by Gasteiger charge is -2.05. The second kappa shape index (κ2) is 9.90. The number of aryl methyl sites for hydroxylation is 1. The van der Waals surface area contributed by atoms with Crippen LogP contribution in [-0.4, -0.2) is 25.7 Å². The van der Waals surface area contributed by atoms with Crippen LogP contribution in [0, 0.1) is 18.8 Å². The smallest absolute Gasteiger partial charge is 0.407 e. The van der Waals surface area contributed by atoms with E-state index in [0.717, 1.165) is 16.7 Å². The molecule has 2 aromatic rings. The summed E-state index contributed by atoms with van der Waals surface area (Å²) in [6.45, 7) is 2.54. The molecule has 5 nitrogen and oxygen atoms in total. The molecule has 1 amide bonds. The quantitative estimate of drug-likeness (QED) is 0.509. The minimum absolute atomic E-state index is 0.234. The van der Waals surface area contributed by atoms with Crippen LogP contribution in [-0.2, 0) is 16.1 Å². The van der Waals surface area contributed by atoms with Gasteiger partial charge in [0.1, 0.15) is 6.61 Å². The predicted octanol–water partition coefficient (Wildman–Crippen LogP) is 3.45. The molecule has 0 heterocycles. The van der Waals surface area contributed by atoms with Crippen LogP contribution < -0.4 is 5.32 Å². The van der Waals surface area contributed by atoms with Crippen LogP contribution in [0.25, 0.3) is 0 Å². The topological polar surface area (TPSA) is 64.6 Å². The Morgan fingerprint density at radius 3 is 2.62 bits per heavy atom. The first-order chi connectivity index (χ1) is 12.6. The molecule has 0 aliphatic heterocycles. The summed E-state index contributed by atoms with van der Waals surface area (Å²) in [7, 11) is 1.34. The Hall–Kier alpha value is -3.26. The van der Waals surface area contributed by atoms with Gasteiger partial charge in [0.15, 0.2) is 0 Å². The molecule has 26 heavy (non-hydrogen) atoms. The van der Waals surface area contributed by atoms with Crippen LogP contribution in [0.15, 0.2) is 48.5 Å². The molecule has 0 fully saturated rings. The molecular weight excluding hydrogens is 330 g/mol. The summed E-state index contributed by atoms with van der Waals surface area (Å²) in [5.41, 5.74) is 3.13. The van der Waals surface area contributed by atoms with Gasteiger partial charge in [0.2, 0.25) is 0 Å². The highest BCUT2D eigenvalue weighted by atomic mass is 16.5. The van der Waals surface area contributed by atoms with E-state index in [0.29, 0.717) is 18.5 Å². The van der Waals surface area contributed by atoms with Crippen molar-refractivity contribution in [1.82, 2.24) is 5.32 Å². The number of hydrogen-bond acceptors (Lipinski definition) is 4. The Labute approximate surface area is 153 Å². The molecule has 2 aromatic carbocycles. The Kier molecular flexibility index (Phi) is 7.26. The first-order valence-corrected chi connectivity index (χ1v) is 8.22. The second-order valence-corrected chi connectivity index (χ2v) is 5.56. The molecule has 0 aliphatic rings. The predicted molar refractivity (Wildman–Crippen MR) is 98.6 cm³/mol. The maximum absolute atomic E-state index is 11.6. The number of carbonyl (C=O) groups excluding carboxylic acids is 2. The lowest BCUT2D eigenvalue weighted by atomic mass is 10.1. The van der Waals surface area contributed by atoms with Crippen molar-refractivity contribution in [3.8, 4) is 11.8 Å². The molecule has 1 N–H and O–H groups in total. The van der Waals surface area contributed by atoms with Gasteiger partial charge >= 0.3 is 12.1 Å². The highest BCUT2D eigenvalue weighted by Crippen LogP contribution is 2.11. The number of methoxy groups -OCH3 is 1. The summed E-state index contributed by atoms with van der Waals surface area (Å²) in [5.74, 6) is 5.60. The van der Waals surface area contributed by atoms with Gasteiger partial charge in [0.05, 0.1) is 12.7 Å². The van der Waals surface area contributed by atoms with Gasteiger partial charge in [-0.1, -0.05) is 48.2 Å². The summed E-state index contributed by atoms with van der Waals surface area (Å²) < 4.78 is 9.82. The van der Waals surface area contributed by atoms with Gasteiger partial charge in [-0.15, -0.1) is 0 Å². The maximum Gasteiger partial charge on any atom is 0.407 e. The fourth-order valence-electron chi connectivity index (χ4n) is 2.16. The first kappa shape index (κ1) is 19.1. The lowest BCUT2D eigenvalue weighted by Crippen LogP contribution is -2.24. The Morgan fingerprint density at radius 1 is 1.12 bits per heavy atom. The molecule has 5 heteroatoms. The number of hydrogen-bond donors (Lipinski definition) is 1. The van der Waals surface area contributed by atoms with E-state index in [1.807, 2.05) is 43.3 Å². The number of esters is 1. The van der Waals surface area contributed by atoms with Crippen molar-refractivity contribution in [1.29, 1.82) is 0 Å². The molecule has 0 saturated heterocycles. The van der Waals surface area contributed by atoms with Crippen molar-refractivity contribution in [3.63, 3.8) is 0 Å². The fraction of sp³-hybridized carbons (Fsp3) is 0.238. The molecule has 0 saturated carbocycles. The summed E-state index contributed by atoms with van der Waals surface area (Å²) in [6.07, 6.45) is 0.00187. The van der Waals surface area contributed by atoms with Crippen LogP contribution in [0.2, 0.25) is 0 Å². The number of ether oxygens (including phenoxy) is 2. The third-order valence-corrected chi connectivity index (χ3v) is 3.61. The number of carbonyl (C=O) groups is 2. The van der Waals surface area contributed by atoms with Crippen LogP contribution in [0.3, 0.4) is 0 Å². The molecule has 0 bridgehead atoms. The Balaban J connectivity index is 1.78. The Bertz CT molecular complexity index is 819. The zero-order valence-electron chi connectivity index (χ0n) is 14.9. The average Bonchev–Trinajstić information content (AvgIpc) is 2.67. The van der Waals surface area contributed by atoms with Gasteiger partial charge in [-0.25, -0.2) is 9.59 Å². The van der Waals surface area contributed by atoms with E-state index in [-0.39, 0.29) is 6.61 Å². The van der Waals surface area contributed by atoms with Crippen molar-refractivity contribution >= 4 is 12.1 Å². The number of amides is 1. The molecule has 134 valence electrons. The first-order valence-electron chi connectivity index (χ1n) is 8.22. The SMILES string of the molecule is COC(=O)c1ccc(C)c(C#CCCNC(=O)OCc2ccccc2)c1. The van der Waals surface area contributed by atoms with Crippen molar-refractivity contribution in [2.75, 3.05) is 13.7 Å². The zero-order chi connectivity index (χ0) is 18.8. The molecule has 0 spiro atoms. The lowest BCUT2D eigenvalue weighted by molar-refractivity contribution is 0.0600. The van der Waals surface area contributed by atoms with E-state index in [4.69, 9.17) is 9.47 Å². The number of alkyl carbamates (subject to hydrolysis) is 1. The number of benzene rings is 2.